The van der Waals surface area contributed by atoms with Gasteiger partial charge in [0.1, 0.15) is 0 Å². The Morgan fingerprint density at radius 1 is 1.26 bits per heavy atom. The predicted octanol–water partition coefficient (Wildman–Crippen LogP) is 2.43. The summed E-state index contributed by atoms with van der Waals surface area (Å²) in [6.45, 7) is 0.841. The molecule has 0 saturated heterocycles. The van der Waals surface area contributed by atoms with E-state index in [2.05, 4.69) is 9.67 Å². The number of rotatable bonds is 4. The van der Waals surface area contributed by atoms with Crippen molar-refractivity contribution in [3.63, 3.8) is 0 Å². The lowest BCUT2D eigenvalue weighted by Crippen LogP contribution is -2.05. The van der Waals surface area contributed by atoms with E-state index < -0.39 is 0 Å². The highest BCUT2D eigenvalue weighted by atomic mass is 16.1. The van der Waals surface area contributed by atoms with Crippen LogP contribution in [0.1, 0.15) is 16.1 Å². The van der Waals surface area contributed by atoms with Gasteiger partial charge in [0, 0.05) is 49.1 Å². The van der Waals surface area contributed by atoms with Gasteiger partial charge in [-0.05, 0) is 18.2 Å². The second kappa shape index (κ2) is 4.72. The maximum Gasteiger partial charge on any atom is 0.152 e. The number of nitrogens with zero attached hydrogens (tertiary/aromatic N) is 3. The van der Waals surface area contributed by atoms with Crippen LogP contribution in [0, 0.1) is 0 Å². The Hall–Kier alpha value is -2.36. The molecular weight excluding hydrogens is 238 g/mol. The van der Waals surface area contributed by atoms with Gasteiger partial charge in [0.25, 0.3) is 0 Å². The van der Waals surface area contributed by atoms with Gasteiger partial charge in [0.05, 0.1) is 5.52 Å². The van der Waals surface area contributed by atoms with Crippen molar-refractivity contribution in [1.29, 1.82) is 0 Å². The van der Waals surface area contributed by atoms with Crippen molar-refractivity contribution in [2.75, 3.05) is 0 Å². The summed E-state index contributed by atoms with van der Waals surface area (Å²) < 4.78 is 4.01. The predicted molar refractivity (Wildman–Crippen MR) is 74.2 cm³/mol. The van der Waals surface area contributed by atoms with E-state index >= 15 is 0 Å². The Labute approximate surface area is 111 Å². The molecule has 2 aromatic heterocycles. The Kier molecular flexibility index (Phi) is 2.91. The molecule has 0 aliphatic heterocycles. The van der Waals surface area contributed by atoms with Crippen molar-refractivity contribution in [2.45, 2.75) is 13.0 Å². The van der Waals surface area contributed by atoms with E-state index in [-0.39, 0.29) is 0 Å². The molecule has 1 aromatic carbocycles. The first kappa shape index (κ1) is 11.7. The largest absolute Gasteiger partial charge is 0.347 e. The second-order valence-corrected chi connectivity index (χ2v) is 4.61. The Bertz CT molecular complexity index is 724. The number of para-hydroxylation sites is 1. The monoisotopic (exact) mass is 253 g/mol. The SMILES string of the molecule is Cn1nccc1CCn1ccc2cccc(C=O)c21. The molecule has 0 N–H and O–H groups in total. The lowest BCUT2D eigenvalue weighted by atomic mass is 10.1. The molecule has 0 saturated carbocycles. The summed E-state index contributed by atoms with van der Waals surface area (Å²) in [5, 5.41) is 5.27. The minimum atomic E-state index is 0.743. The number of benzene rings is 1. The number of carbonyl (C=O) groups is 1. The Morgan fingerprint density at radius 3 is 2.89 bits per heavy atom. The zero-order valence-corrected chi connectivity index (χ0v) is 10.8. The van der Waals surface area contributed by atoms with Gasteiger partial charge in [-0.25, -0.2) is 0 Å². The Morgan fingerprint density at radius 2 is 2.16 bits per heavy atom. The number of hydrogen-bond donors (Lipinski definition) is 0. The minimum Gasteiger partial charge on any atom is -0.347 e. The second-order valence-electron chi connectivity index (χ2n) is 4.61. The summed E-state index contributed by atoms with van der Waals surface area (Å²) in [6, 6.07) is 9.87. The zero-order valence-electron chi connectivity index (χ0n) is 10.8. The topological polar surface area (TPSA) is 39.8 Å². The maximum absolute atomic E-state index is 11.1. The van der Waals surface area contributed by atoms with Crippen molar-refractivity contribution in [2.24, 2.45) is 7.05 Å². The molecule has 96 valence electrons. The van der Waals surface area contributed by atoms with Crippen molar-refractivity contribution in [1.82, 2.24) is 14.3 Å². The fraction of sp³-hybridized carbons (Fsp3) is 0.200. The van der Waals surface area contributed by atoms with E-state index in [1.54, 1.807) is 6.20 Å². The molecule has 0 unspecified atom stereocenters. The van der Waals surface area contributed by atoms with E-state index in [9.17, 15) is 4.79 Å². The van der Waals surface area contributed by atoms with Crippen LogP contribution in [0.2, 0.25) is 0 Å². The van der Waals surface area contributed by atoms with Crippen LogP contribution in [0.25, 0.3) is 10.9 Å². The molecule has 4 heteroatoms. The van der Waals surface area contributed by atoms with E-state index in [0.717, 1.165) is 35.7 Å². The fourth-order valence-corrected chi connectivity index (χ4v) is 2.45. The third-order valence-electron chi connectivity index (χ3n) is 3.48. The number of fused-ring (bicyclic) bond motifs is 1. The first-order valence-electron chi connectivity index (χ1n) is 6.29. The summed E-state index contributed by atoms with van der Waals surface area (Å²) in [4.78, 5) is 11.1. The molecule has 19 heavy (non-hydrogen) atoms. The molecule has 0 aliphatic carbocycles. The highest BCUT2D eigenvalue weighted by molar-refractivity contribution is 5.96. The number of aromatic nitrogens is 3. The number of hydrogen-bond acceptors (Lipinski definition) is 2. The van der Waals surface area contributed by atoms with Gasteiger partial charge in [-0.1, -0.05) is 12.1 Å². The number of aryl methyl sites for hydroxylation is 3. The first-order valence-corrected chi connectivity index (χ1v) is 6.29. The molecule has 0 radical (unpaired) electrons. The van der Waals surface area contributed by atoms with Gasteiger partial charge >= 0.3 is 0 Å². The van der Waals surface area contributed by atoms with Crippen molar-refractivity contribution >= 4 is 17.2 Å². The van der Waals surface area contributed by atoms with Crippen LogP contribution in [-0.4, -0.2) is 20.6 Å². The quantitative estimate of drug-likeness (QED) is 0.670. The van der Waals surface area contributed by atoms with E-state index in [0.29, 0.717) is 0 Å². The van der Waals surface area contributed by atoms with Gasteiger partial charge < -0.3 is 4.57 Å². The van der Waals surface area contributed by atoms with Crippen LogP contribution in [-0.2, 0) is 20.0 Å². The lowest BCUT2D eigenvalue weighted by molar-refractivity contribution is 0.112. The van der Waals surface area contributed by atoms with Gasteiger partial charge in [-0.2, -0.15) is 5.10 Å². The summed E-state index contributed by atoms with van der Waals surface area (Å²) in [5.74, 6) is 0. The highest BCUT2D eigenvalue weighted by Gasteiger charge is 2.06. The summed E-state index contributed by atoms with van der Waals surface area (Å²) in [5.41, 5.74) is 2.94. The maximum atomic E-state index is 11.1. The third-order valence-corrected chi connectivity index (χ3v) is 3.48. The van der Waals surface area contributed by atoms with E-state index in [1.165, 1.54) is 5.69 Å². The minimum absolute atomic E-state index is 0.743. The van der Waals surface area contributed by atoms with Crippen molar-refractivity contribution in [3.8, 4) is 0 Å². The average Bonchev–Trinajstić information content (AvgIpc) is 3.02. The zero-order chi connectivity index (χ0) is 13.2. The number of carbonyl (C=O) groups excluding carboxylic acids is 1. The molecule has 3 aromatic rings. The third kappa shape index (κ3) is 2.05. The standard InChI is InChI=1S/C15H15N3O/c1-17-14(5-8-16-17)7-10-18-9-6-12-3-2-4-13(11-19)15(12)18/h2-6,8-9,11H,7,10H2,1H3. The van der Waals surface area contributed by atoms with E-state index in [1.807, 2.05) is 48.3 Å². The van der Waals surface area contributed by atoms with Gasteiger partial charge in [0.15, 0.2) is 6.29 Å². The smallest absolute Gasteiger partial charge is 0.152 e. The normalized spacial score (nSPS) is 11.0. The molecular formula is C15H15N3O. The van der Waals surface area contributed by atoms with Gasteiger partial charge in [-0.3, -0.25) is 9.48 Å². The molecule has 0 bridgehead atoms. The first-order chi connectivity index (χ1) is 9.29. The van der Waals surface area contributed by atoms with Crippen molar-refractivity contribution < 1.29 is 4.79 Å². The van der Waals surface area contributed by atoms with Gasteiger partial charge in [0.2, 0.25) is 0 Å². The summed E-state index contributed by atoms with van der Waals surface area (Å²) in [6.07, 6.45) is 5.66. The Balaban J connectivity index is 1.93. The molecule has 0 fully saturated rings. The summed E-state index contributed by atoms with van der Waals surface area (Å²) in [7, 11) is 1.94. The number of aldehydes is 1. The van der Waals surface area contributed by atoms with Crippen LogP contribution in [0.4, 0.5) is 0 Å². The van der Waals surface area contributed by atoms with Gasteiger partial charge in [-0.15, -0.1) is 0 Å². The molecule has 0 atom stereocenters. The lowest BCUT2D eigenvalue weighted by Gasteiger charge is -2.07. The van der Waals surface area contributed by atoms with E-state index in [4.69, 9.17) is 0 Å². The van der Waals surface area contributed by atoms with Crippen molar-refractivity contribution in [3.05, 3.63) is 54.0 Å². The van der Waals surface area contributed by atoms with Crippen LogP contribution in [0.3, 0.4) is 0 Å². The molecule has 0 aliphatic rings. The van der Waals surface area contributed by atoms with Crippen LogP contribution in [0.5, 0.6) is 0 Å². The van der Waals surface area contributed by atoms with Crippen LogP contribution in [0.15, 0.2) is 42.7 Å². The summed E-state index contributed by atoms with van der Waals surface area (Å²) >= 11 is 0. The molecule has 0 spiro atoms. The molecule has 2 heterocycles. The van der Waals surface area contributed by atoms with Crippen LogP contribution >= 0.6 is 0 Å². The molecule has 0 amide bonds. The molecule has 3 rings (SSSR count). The fourth-order valence-electron chi connectivity index (χ4n) is 2.45. The average molecular weight is 253 g/mol. The highest BCUT2D eigenvalue weighted by Crippen LogP contribution is 2.19. The molecule has 4 nitrogen and oxygen atoms in total. The van der Waals surface area contributed by atoms with Crippen LogP contribution < -0.4 is 0 Å².